The zero-order chi connectivity index (χ0) is 24.8. The molecule has 3 unspecified atom stereocenters. The topological polar surface area (TPSA) is 104 Å². The molecule has 182 valence electrons. The van der Waals surface area contributed by atoms with Crippen molar-refractivity contribution in [1.29, 1.82) is 0 Å². The quantitative estimate of drug-likeness (QED) is 0.380. The van der Waals surface area contributed by atoms with E-state index in [4.69, 9.17) is 0 Å². The highest BCUT2D eigenvalue weighted by Crippen LogP contribution is 2.42. The van der Waals surface area contributed by atoms with Crippen LogP contribution in [0.15, 0.2) is 78.9 Å². The molecule has 0 saturated carbocycles. The van der Waals surface area contributed by atoms with Crippen molar-refractivity contribution < 1.29 is 20.0 Å². The first-order chi connectivity index (χ1) is 17.5. The Kier molecular flexibility index (Phi) is 5.56. The molecule has 0 aliphatic carbocycles. The van der Waals surface area contributed by atoms with Crippen LogP contribution in [-0.2, 0) is 22.4 Å². The minimum Gasteiger partial charge on any atom is -0.595 e. The lowest BCUT2D eigenvalue weighted by Gasteiger charge is -2.47. The first-order valence-electron chi connectivity index (χ1n) is 12.1. The fourth-order valence-electron chi connectivity index (χ4n) is 5.61. The molecular weight excluding hydrogens is 456 g/mol. The fourth-order valence-corrected chi connectivity index (χ4v) is 5.61. The van der Waals surface area contributed by atoms with Gasteiger partial charge in [-0.2, -0.15) is 5.23 Å². The van der Waals surface area contributed by atoms with Gasteiger partial charge in [-0.1, -0.05) is 60.7 Å². The third-order valence-electron chi connectivity index (χ3n) is 7.30. The van der Waals surface area contributed by atoms with Crippen LogP contribution in [0.25, 0.3) is 10.9 Å². The number of benzene rings is 3. The van der Waals surface area contributed by atoms with E-state index in [2.05, 4.69) is 4.98 Å². The molecule has 6 rings (SSSR count). The Bertz CT molecular complexity index is 1450. The van der Waals surface area contributed by atoms with Crippen LogP contribution in [0, 0.1) is 5.21 Å². The van der Waals surface area contributed by atoms with Crippen LogP contribution in [0.3, 0.4) is 0 Å². The van der Waals surface area contributed by atoms with Gasteiger partial charge >= 0.3 is 0 Å². The SMILES string of the molecule is O=C1C2Cc3c([nH]c4ccccc34)C(c3cccc([NH+]([O-])O)c3)N2C(=O)CN1CCc1ccccc1. The van der Waals surface area contributed by atoms with Crippen molar-refractivity contribution in [2.45, 2.75) is 24.9 Å². The Morgan fingerprint density at radius 3 is 2.58 bits per heavy atom. The second-order valence-corrected chi connectivity index (χ2v) is 9.41. The number of piperazine rings is 1. The number of hydrogen-bond acceptors (Lipinski definition) is 4. The number of aromatic amines is 1. The Morgan fingerprint density at radius 2 is 1.78 bits per heavy atom. The van der Waals surface area contributed by atoms with E-state index < -0.39 is 17.3 Å². The van der Waals surface area contributed by atoms with Gasteiger partial charge in [0.2, 0.25) is 11.8 Å². The maximum Gasteiger partial charge on any atom is 0.246 e. The molecule has 1 fully saturated rings. The highest BCUT2D eigenvalue weighted by atomic mass is 16.8. The molecule has 2 amide bonds. The van der Waals surface area contributed by atoms with Crippen LogP contribution < -0.4 is 5.23 Å². The molecule has 3 N–H and O–H groups in total. The highest BCUT2D eigenvalue weighted by Gasteiger charge is 2.48. The first kappa shape index (κ1) is 22.5. The molecule has 36 heavy (non-hydrogen) atoms. The summed E-state index contributed by atoms with van der Waals surface area (Å²) in [5, 5.41) is 21.3. The molecule has 3 heterocycles. The molecule has 1 aromatic heterocycles. The lowest BCUT2D eigenvalue weighted by Crippen LogP contribution is -2.99. The lowest BCUT2D eigenvalue weighted by atomic mass is 9.86. The molecule has 0 radical (unpaired) electrons. The Balaban J connectivity index is 1.42. The molecule has 4 aromatic rings. The number of hydrogen-bond donors (Lipinski definition) is 3. The number of quaternary nitrogens is 1. The van der Waals surface area contributed by atoms with Crippen LogP contribution >= 0.6 is 0 Å². The van der Waals surface area contributed by atoms with Crippen LogP contribution in [0.5, 0.6) is 0 Å². The predicted molar refractivity (Wildman–Crippen MR) is 133 cm³/mol. The number of amides is 2. The zero-order valence-electron chi connectivity index (χ0n) is 19.6. The molecule has 3 aromatic carbocycles. The summed E-state index contributed by atoms with van der Waals surface area (Å²) in [4.78, 5) is 34.2. The van der Waals surface area contributed by atoms with Crippen molar-refractivity contribution in [2.24, 2.45) is 0 Å². The van der Waals surface area contributed by atoms with Gasteiger partial charge in [-0.25, -0.2) is 5.21 Å². The van der Waals surface area contributed by atoms with E-state index in [0.29, 0.717) is 24.9 Å². The highest BCUT2D eigenvalue weighted by molar-refractivity contribution is 5.97. The average molecular weight is 483 g/mol. The Labute approximate surface area is 207 Å². The largest absolute Gasteiger partial charge is 0.595 e. The third kappa shape index (κ3) is 3.76. The van der Waals surface area contributed by atoms with Crippen molar-refractivity contribution in [3.63, 3.8) is 0 Å². The number of nitrogens with one attached hydrogen (secondary N) is 2. The molecule has 3 atom stereocenters. The van der Waals surface area contributed by atoms with E-state index in [9.17, 15) is 20.0 Å². The summed E-state index contributed by atoms with van der Waals surface area (Å²) < 4.78 is 0. The van der Waals surface area contributed by atoms with Gasteiger partial charge in [0.05, 0.1) is 12.6 Å². The number of para-hydroxylation sites is 1. The van der Waals surface area contributed by atoms with Gasteiger partial charge in [-0.3, -0.25) is 9.59 Å². The molecule has 2 aliphatic heterocycles. The summed E-state index contributed by atoms with van der Waals surface area (Å²) in [6, 6.07) is 23.3. The Morgan fingerprint density at radius 1 is 1.00 bits per heavy atom. The standard InChI is InChI=1S/C28H26N4O4/c33-25-17-30(14-13-18-7-2-1-3-8-18)28(34)24-16-22-21-11-4-5-12-23(21)29-26(22)27(31(24)25)19-9-6-10-20(15-19)32(35)36/h1-12,15,24,27,29,32,35H,13-14,16-17H2. The van der Waals surface area contributed by atoms with Gasteiger partial charge in [0, 0.05) is 41.7 Å². The van der Waals surface area contributed by atoms with E-state index in [1.54, 1.807) is 21.9 Å². The number of carbonyl (C=O) groups excluding carboxylic acids is 2. The first-order valence-corrected chi connectivity index (χ1v) is 12.1. The molecule has 0 bridgehead atoms. The number of nitrogens with zero attached hydrogens (tertiary/aromatic N) is 2. The van der Waals surface area contributed by atoms with Crippen LogP contribution in [0.1, 0.15) is 28.4 Å². The maximum absolute atomic E-state index is 13.8. The van der Waals surface area contributed by atoms with Crippen molar-refractivity contribution >= 4 is 28.4 Å². The van der Waals surface area contributed by atoms with E-state index in [1.807, 2.05) is 60.7 Å². The van der Waals surface area contributed by atoms with Gasteiger partial charge in [-0.05, 0) is 29.2 Å². The van der Waals surface area contributed by atoms with Crippen LogP contribution in [0.2, 0.25) is 0 Å². The van der Waals surface area contributed by atoms with Crippen molar-refractivity contribution in [3.8, 4) is 0 Å². The number of fused-ring (bicyclic) bond motifs is 4. The number of carbonyl (C=O) groups is 2. The molecule has 1 saturated heterocycles. The minimum absolute atomic E-state index is 0.00680. The summed E-state index contributed by atoms with van der Waals surface area (Å²) in [5.41, 5.74) is 4.71. The predicted octanol–water partition coefficient (Wildman–Crippen LogP) is 2.50. The van der Waals surface area contributed by atoms with E-state index >= 15 is 0 Å². The molecule has 8 heteroatoms. The molecule has 8 nitrogen and oxygen atoms in total. The molecular formula is C28H26N4O4. The minimum atomic E-state index is -1.03. The Hall–Kier alpha value is -3.98. The van der Waals surface area contributed by atoms with Crippen LogP contribution in [0.4, 0.5) is 5.69 Å². The number of H-pyrrole nitrogens is 1. The van der Waals surface area contributed by atoms with Gasteiger partial charge in [0.1, 0.15) is 6.04 Å². The van der Waals surface area contributed by atoms with E-state index in [-0.39, 0.29) is 24.0 Å². The van der Waals surface area contributed by atoms with Gasteiger partial charge < -0.3 is 20.0 Å². The second-order valence-electron chi connectivity index (χ2n) is 9.41. The summed E-state index contributed by atoms with van der Waals surface area (Å²) in [5.74, 6) is -0.205. The van der Waals surface area contributed by atoms with Gasteiger partial charge in [0.15, 0.2) is 5.69 Å². The summed E-state index contributed by atoms with van der Waals surface area (Å²) in [6.07, 6.45) is 1.09. The number of rotatable bonds is 5. The second kappa shape index (κ2) is 8.91. The summed E-state index contributed by atoms with van der Waals surface area (Å²) >= 11 is 0. The monoisotopic (exact) mass is 482 g/mol. The van der Waals surface area contributed by atoms with E-state index in [1.165, 1.54) is 6.07 Å². The van der Waals surface area contributed by atoms with Crippen molar-refractivity contribution in [3.05, 3.63) is 106 Å². The van der Waals surface area contributed by atoms with Gasteiger partial charge in [0.25, 0.3) is 0 Å². The summed E-state index contributed by atoms with van der Waals surface area (Å²) in [6.45, 7) is 0.478. The lowest BCUT2D eigenvalue weighted by molar-refractivity contribution is -0.991. The van der Waals surface area contributed by atoms with Crippen molar-refractivity contribution in [2.75, 3.05) is 13.1 Å². The zero-order valence-corrected chi connectivity index (χ0v) is 19.6. The summed E-state index contributed by atoms with van der Waals surface area (Å²) in [7, 11) is 0. The van der Waals surface area contributed by atoms with E-state index in [0.717, 1.165) is 27.7 Å². The maximum atomic E-state index is 13.8. The smallest absolute Gasteiger partial charge is 0.246 e. The van der Waals surface area contributed by atoms with Crippen LogP contribution in [-0.4, -0.2) is 50.9 Å². The molecule has 0 spiro atoms. The van der Waals surface area contributed by atoms with Crippen molar-refractivity contribution in [1.82, 2.24) is 14.8 Å². The average Bonchev–Trinajstić information content (AvgIpc) is 3.28. The fraction of sp³-hybridized carbons (Fsp3) is 0.214. The number of aromatic nitrogens is 1. The molecule has 2 aliphatic rings. The van der Waals surface area contributed by atoms with Gasteiger partial charge in [-0.15, -0.1) is 0 Å². The normalized spacial score (nSPS) is 20.4. The third-order valence-corrected chi connectivity index (χ3v) is 7.30.